The Labute approximate surface area is 145 Å². The van der Waals surface area contributed by atoms with E-state index >= 15 is 0 Å². The summed E-state index contributed by atoms with van der Waals surface area (Å²) < 4.78 is 16.0. The largest absolute Gasteiger partial charge is 0.497 e. The number of carbonyl (C=O) groups is 1. The molecule has 1 N–H and O–H groups in total. The molecule has 1 amide bonds. The van der Waals surface area contributed by atoms with Crippen LogP contribution in [-0.4, -0.2) is 18.2 Å². The first kappa shape index (κ1) is 16.6. The number of rotatable bonds is 6. The van der Waals surface area contributed by atoms with Crippen molar-refractivity contribution in [2.45, 2.75) is 13.5 Å². The van der Waals surface area contributed by atoms with Crippen LogP contribution in [0.3, 0.4) is 0 Å². The average Bonchev–Trinajstić information content (AvgIpc) is 3.02. The second-order valence-electron chi connectivity index (χ2n) is 5.35. The molecule has 0 saturated carbocycles. The third kappa shape index (κ3) is 3.98. The lowest BCUT2D eigenvalue weighted by molar-refractivity contribution is 0.101. The smallest absolute Gasteiger partial charge is 0.278 e. The van der Waals surface area contributed by atoms with Crippen molar-refractivity contribution in [1.82, 2.24) is 5.16 Å². The van der Waals surface area contributed by atoms with E-state index < -0.39 is 0 Å². The molecule has 0 aliphatic rings. The summed E-state index contributed by atoms with van der Waals surface area (Å²) in [5.74, 6) is 1.62. The van der Waals surface area contributed by atoms with Crippen LogP contribution in [0.4, 0.5) is 5.69 Å². The maximum absolute atomic E-state index is 12.4. The maximum Gasteiger partial charge on any atom is 0.278 e. The quantitative estimate of drug-likeness (QED) is 0.739. The van der Waals surface area contributed by atoms with Crippen LogP contribution in [0.5, 0.6) is 11.5 Å². The fourth-order valence-electron chi connectivity index (χ4n) is 2.28. The molecule has 0 fully saturated rings. The Hall–Kier alpha value is -3.28. The maximum atomic E-state index is 12.4. The summed E-state index contributed by atoms with van der Waals surface area (Å²) in [6, 6.07) is 16.4. The van der Waals surface area contributed by atoms with E-state index in [9.17, 15) is 4.79 Å². The van der Waals surface area contributed by atoms with Gasteiger partial charge in [0.2, 0.25) is 0 Å². The fourth-order valence-corrected chi connectivity index (χ4v) is 2.28. The summed E-state index contributed by atoms with van der Waals surface area (Å²) in [6.07, 6.45) is 0. The van der Waals surface area contributed by atoms with Gasteiger partial charge in [-0.15, -0.1) is 0 Å². The number of hydrogen-bond donors (Lipinski definition) is 1. The van der Waals surface area contributed by atoms with Crippen LogP contribution in [0.2, 0.25) is 0 Å². The zero-order valence-electron chi connectivity index (χ0n) is 14.0. The minimum atomic E-state index is -0.337. The van der Waals surface area contributed by atoms with Gasteiger partial charge in [-0.2, -0.15) is 0 Å². The third-order valence-electron chi connectivity index (χ3n) is 3.67. The molecule has 0 bridgehead atoms. The molecule has 0 spiro atoms. The molecular formula is C19H18N2O4. The van der Waals surface area contributed by atoms with Crippen LogP contribution in [0, 0.1) is 6.92 Å². The van der Waals surface area contributed by atoms with Gasteiger partial charge in [-0.25, -0.2) is 0 Å². The molecular weight excluding hydrogens is 320 g/mol. The first-order chi connectivity index (χ1) is 12.2. The minimum absolute atomic E-state index is 0.180. The number of aromatic nitrogens is 1. The lowest BCUT2D eigenvalue weighted by atomic mass is 10.2. The molecule has 1 aromatic heterocycles. The van der Waals surface area contributed by atoms with E-state index in [0.717, 1.165) is 5.75 Å². The molecule has 6 nitrogen and oxygen atoms in total. The number of nitrogens with one attached hydrogen (secondary N) is 1. The molecule has 0 atom stereocenters. The fraction of sp³-hybridized carbons (Fsp3) is 0.158. The molecule has 0 saturated heterocycles. The van der Waals surface area contributed by atoms with Gasteiger partial charge < -0.3 is 19.3 Å². The summed E-state index contributed by atoms with van der Waals surface area (Å²) in [6.45, 7) is 1.93. The number of anilines is 1. The van der Waals surface area contributed by atoms with Gasteiger partial charge in [-0.05, 0) is 43.3 Å². The van der Waals surface area contributed by atoms with Gasteiger partial charge in [0.1, 0.15) is 23.9 Å². The van der Waals surface area contributed by atoms with Gasteiger partial charge in [-0.3, -0.25) is 4.79 Å². The van der Waals surface area contributed by atoms with Crippen molar-refractivity contribution in [2.75, 3.05) is 12.4 Å². The molecule has 6 heteroatoms. The van der Waals surface area contributed by atoms with Crippen molar-refractivity contribution in [3.8, 4) is 11.5 Å². The first-order valence-corrected chi connectivity index (χ1v) is 7.76. The summed E-state index contributed by atoms with van der Waals surface area (Å²) in [5.41, 5.74) is 1.52. The van der Waals surface area contributed by atoms with Crippen LogP contribution in [0.1, 0.15) is 21.8 Å². The summed E-state index contributed by atoms with van der Waals surface area (Å²) in [7, 11) is 1.61. The standard InChI is InChI=1S/C19H18N2O4/c1-13-17(12-24-16-10-8-15(23-2)9-11-16)18(21-25-13)19(22)20-14-6-4-3-5-7-14/h3-11H,12H2,1-2H3,(H,20,22). The van der Waals surface area contributed by atoms with E-state index in [1.165, 1.54) is 0 Å². The molecule has 25 heavy (non-hydrogen) atoms. The van der Waals surface area contributed by atoms with Crippen molar-refractivity contribution in [3.63, 3.8) is 0 Å². The molecule has 0 aliphatic heterocycles. The second kappa shape index (κ2) is 7.53. The lowest BCUT2D eigenvalue weighted by Crippen LogP contribution is -2.15. The second-order valence-corrected chi connectivity index (χ2v) is 5.35. The number of methoxy groups -OCH3 is 1. The highest BCUT2D eigenvalue weighted by molar-refractivity contribution is 6.03. The Kier molecular flexibility index (Phi) is 4.99. The Balaban J connectivity index is 1.71. The molecule has 128 valence electrons. The van der Waals surface area contributed by atoms with E-state index in [1.54, 1.807) is 50.4 Å². The lowest BCUT2D eigenvalue weighted by Gasteiger charge is -2.08. The molecule has 2 aromatic carbocycles. The zero-order chi connectivity index (χ0) is 17.6. The summed E-state index contributed by atoms with van der Waals surface area (Å²) in [5, 5.41) is 6.66. The number of ether oxygens (including phenoxy) is 2. The van der Waals surface area contributed by atoms with Gasteiger partial charge in [0, 0.05) is 5.69 Å². The van der Waals surface area contributed by atoms with E-state index in [1.807, 2.05) is 18.2 Å². The first-order valence-electron chi connectivity index (χ1n) is 7.76. The molecule has 3 aromatic rings. The Morgan fingerprint density at radius 3 is 2.44 bits per heavy atom. The van der Waals surface area contributed by atoms with Gasteiger partial charge in [0.05, 0.1) is 12.7 Å². The van der Waals surface area contributed by atoms with Crippen LogP contribution >= 0.6 is 0 Å². The normalized spacial score (nSPS) is 10.3. The van der Waals surface area contributed by atoms with Crippen molar-refractivity contribution in [1.29, 1.82) is 0 Å². The van der Waals surface area contributed by atoms with Crippen LogP contribution < -0.4 is 14.8 Å². The number of carbonyl (C=O) groups excluding carboxylic acids is 1. The highest BCUT2D eigenvalue weighted by atomic mass is 16.5. The molecule has 0 unspecified atom stereocenters. The predicted molar refractivity (Wildman–Crippen MR) is 93.0 cm³/mol. The predicted octanol–water partition coefficient (Wildman–Crippen LogP) is 3.82. The molecule has 1 heterocycles. The van der Waals surface area contributed by atoms with Crippen molar-refractivity contribution >= 4 is 11.6 Å². The van der Waals surface area contributed by atoms with E-state index in [4.69, 9.17) is 14.0 Å². The Morgan fingerprint density at radius 1 is 1.08 bits per heavy atom. The number of amides is 1. The minimum Gasteiger partial charge on any atom is -0.497 e. The van der Waals surface area contributed by atoms with E-state index in [2.05, 4.69) is 10.5 Å². The number of hydrogen-bond acceptors (Lipinski definition) is 5. The number of aryl methyl sites for hydroxylation is 1. The number of nitrogens with zero attached hydrogens (tertiary/aromatic N) is 1. The zero-order valence-corrected chi connectivity index (χ0v) is 14.0. The van der Waals surface area contributed by atoms with Crippen LogP contribution in [0.25, 0.3) is 0 Å². The van der Waals surface area contributed by atoms with Crippen molar-refractivity contribution in [3.05, 3.63) is 71.6 Å². The average molecular weight is 338 g/mol. The van der Waals surface area contributed by atoms with Gasteiger partial charge in [0.15, 0.2) is 5.69 Å². The molecule has 0 radical (unpaired) electrons. The van der Waals surface area contributed by atoms with Gasteiger partial charge >= 0.3 is 0 Å². The highest BCUT2D eigenvalue weighted by Crippen LogP contribution is 2.21. The number of benzene rings is 2. The molecule has 0 aliphatic carbocycles. The summed E-state index contributed by atoms with van der Waals surface area (Å²) >= 11 is 0. The third-order valence-corrected chi connectivity index (χ3v) is 3.67. The number of para-hydroxylation sites is 1. The SMILES string of the molecule is COc1ccc(OCc2c(C(=O)Nc3ccccc3)noc2C)cc1. The van der Waals surface area contributed by atoms with Crippen molar-refractivity contribution in [2.24, 2.45) is 0 Å². The summed E-state index contributed by atoms with van der Waals surface area (Å²) in [4.78, 5) is 12.4. The van der Waals surface area contributed by atoms with Gasteiger partial charge in [-0.1, -0.05) is 23.4 Å². The van der Waals surface area contributed by atoms with E-state index in [0.29, 0.717) is 22.8 Å². The van der Waals surface area contributed by atoms with E-state index in [-0.39, 0.29) is 18.2 Å². The van der Waals surface area contributed by atoms with Crippen LogP contribution in [-0.2, 0) is 6.61 Å². The monoisotopic (exact) mass is 338 g/mol. The Bertz CT molecular complexity index is 842. The molecule has 3 rings (SSSR count). The van der Waals surface area contributed by atoms with Crippen molar-refractivity contribution < 1.29 is 18.8 Å². The van der Waals surface area contributed by atoms with Crippen LogP contribution in [0.15, 0.2) is 59.1 Å². The highest BCUT2D eigenvalue weighted by Gasteiger charge is 2.20. The van der Waals surface area contributed by atoms with Gasteiger partial charge in [0.25, 0.3) is 5.91 Å². The topological polar surface area (TPSA) is 73.6 Å². The Morgan fingerprint density at radius 2 is 1.76 bits per heavy atom.